The SMILES string of the molecule is COC(=O)N/N=C\c1c(-c2ccccc2)n(C)c2ccccc12. The molecule has 0 fully saturated rings. The molecule has 23 heavy (non-hydrogen) atoms. The molecule has 0 aliphatic rings. The van der Waals surface area contributed by atoms with Crippen LogP contribution in [0, 0.1) is 0 Å². The fraction of sp³-hybridized carbons (Fsp3) is 0.111. The molecule has 1 heterocycles. The zero-order chi connectivity index (χ0) is 16.2. The summed E-state index contributed by atoms with van der Waals surface area (Å²) in [5.74, 6) is 0. The van der Waals surface area contributed by atoms with Gasteiger partial charge in [0.05, 0.1) is 19.0 Å². The van der Waals surface area contributed by atoms with Crippen molar-refractivity contribution in [3.63, 3.8) is 0 Å². The lowest BCUT2D eigenvalue weighted by molar-refractivity contribution is 0.171. The Morgan fingerprint density at radius 3 is 2.57 bits per heavy atom. The van der Waals surface area contributed by atoms with Gasteiger partial charge in [-0.25, -0.2) is 10.2 Å². The summed E-state index contributed by atoms with van der Waals surface area (Å²) in [6.45, 7) is 0. The molecule has 5 heteroatoms. The maximum atomic E-state index is 11.2. The van der Waals surface area contributed by atoms with E-state index in [9.17, 15) is 4.79 Å². The Labute approximate surface area is 134 Å². The van der Waals surface area contributed by atoms with Crippen LogP contribution >= 0.6 is 0 Å². The molecule has 3 aromatic rings. The number of aromatic nitrogens is 1. The highest BCUT2D eigenvalue weighted by Gasteiger charge is 2.14. The number of hydrogen-bond donors (Lipinski definition) is 1. The van der Waals surface area contributed by atoms with E-state index < -0.39 is 6.09 Å². The molecule has 0 unspecified atom stereocenters. The van der Waals surface area contributed by atoms with Crippen LogP contribution in [0.3, 0.4) is 0 Å². The lowest BCUT2D eigenvalue weighted by Crippen LogP contribution is -2.16. The van der Waals surface area contributed by atoms with Gasteiger partial charge in [-0.3, -0.25) is 0 Å². The standard InChI is InChI=1S/C18H17N3O2/c1-21-16-11-7-6-10-14(16)15(12-19-20-18(22)23-2)17(21)13-8-4-3-5-9-13/h3-12H,1-2H3,(H,20,22)/b19-12-. The van der Waals surface area contributed by atoms with E-state index >= 15 is 0 Å². The number of benzene rings is 2. The molecule has 0 saturated heterocycles. The molecule has 0 aliphatic heterocycles. The number of ether oxygens (including phenoxy) is 1. The molecule has 1 amide bonds. The van der Waals surface area contributed by atoms with Gasteiger partial charge in [0.1, 0.15) is 0 Å². The number of methoxy groups -OCH3 is 1. The Bertz CT molecular complexity index is 867. The summed E-state index contributed by atoms with van der Waals surface area (Å²) >= 11 is 0. The van der Waals surface area contributed by atoms with Crippen LogP contribution in [0.2, 0.25) is 0 Å². The van der Waals surface area contributed by atoms with Crippen LogP contribution in [0.4, 0.5) is 4.79 Å². The van der Waals surface area contributed by atoms with E-state index in [4.69, 9.17) is 0 Å². The monoisotopic (exact) mass is 307 g/mol. The van der Waals surface area contributed by atoms with Gasteiger partial charge in [0, 0.05) is 23.5 Å². The second-order valence-corrected chi connectivity index (χ2v) is 5.07. The fourth-order valence-electron chi connectivity index (χ4n) is 2.69. The first-order valence-electron chi connectivity index (χ1n) is 7.22. The van der Waals surface area contributed by atoms with Crippen molar-refractivity contribution in [2.75, 3.05) is 7.11 Å². The number of rotatable bonds is 3. The van der Waals surface area contributed by atoms with Crippen molar-refractivity contribution in [1.82, 2.24) is 9.99 Å². The summed E-state index contributed by atoms with van der Waals surface area (Å²) in [6, 6.07) is 18.2. The molecule has 2 aromatic carbocycles. The van der Waals surface area contributed by atoms with Crippen LogP contribution in [-0.4, -0.2) is 24.0 Å². The molecular formula is C18H17N3O2. The van der Waals surface area contributed by atoms with Crippen LogP contribution < -0.4 is 5.43 Å². The first-order chi connectivity index (χ1) is 11.2. The minimum absolute atomic E-state index is 0.595. The number of nitrogens with zero attached hydrogens (tertiary/aromatic N) is 2. The number of fused-ring (bicyclic) bond motifs is 1. The van der Waals surface area contributed by atoms with Crippen LogP contribution in [-0.2, 0) is 11.8 Å². The van der Waals surface area contributed by atoms with Crippen molar-refractivity contribution < 1.29 is 9.53 Å². The third kappa shape index (κ3) is 2.81. The van der Waals surface area contributed by atoms with E-state index in [-0.39, 0.29) is 0 Å². The molecule has 116 valence electrons. The topological polar surface area (TPSA) is 55.6 Å². The minimum Gasteiger partial charge on any atom is -0.452 e. The second-order valence-electron chi connectivity index (χ2n) is 5.07. The molecule has 1 aromatic heterocycles. The Morgan fingerprint density at radius 1 is 1.13 bits per heavy atom. The van der Waals surface area contributed by atoms with Gasteiger partial charge in [0.15, 0.2) is 0 Å². The van der Waals surface area contributed by atoms with E-state index in [2.05, 4.69) is 38.0 Å². The highest BCUT2D eigenvalue weighted by atomic mass is 16.5. The minimum atomic E-state index is -0.595. The number of carbonyl (C=O) groups excluding carboxylic acids is 1. The highest BCUT2D eigenvalue weighted by Crippen LogP contribution is 2.31. The van der Waals surface area contributed by atoms with E-state index in [1.807, 2.05) is 43.4 Å². The summed E-state index contributed by atoms with van der Waals surface area (Å²) in [5.41, 5.74) is 6.52. The molecule has 3 rings (SSSR count). The summed E-state index contributed by atoms with van der Waals surface area (Å²) in [4.78, 5) is 11.2. The van der Waals surface area contributed by atoms with E-state index in [0.29, 0.717) is 0 Å². The number of nitrogens with one attached hydrogen (secondary N) is 1. The number of amides is 1. The Balaban J connectivity index is 2.16. The quantitative estimate of drug-likeness (QED) is 0.594. The molecule has 5 nitrogen and oxygen atoms in total. The normalized spacial score (nSPS) is 11.0. The van der Waals surface area contributed by atoms with Gasteiger partial charge >= 0.3 is 6.09 Å². The molecule has 0 saturated carbocycles. The Kier molecular flexibility index (Phi) is 4.10. The molecule has 0 spiro atoms. The molecular weight excluding hydrogens is 290 g/mol. The van der Waals surface area contributed by atoms with E-state index in [1.54, 1.807) is 6.21 Å². The van der Waals surface area contributed by atoms with Gasteiger partial charge in [0.2, 0.25) is 0 Å². The maximum Gasteiger partial charge on any atom is 0.427 e. The van der Waals surface area contributed by atoms with Gasteiger partial charge in [0.25, 0.3) is 0 Å². The van der Waals surface area contributed by atoms with Crippen LogP contribution in [0.25, 0.3) is 22.2 Å². The predicted octanol–water partition coefficient (Wildman–Crippen LogP) is 3.54. The third-order valence-corrected chi connectivity index (χ3v) is 3.73. The number of carbonyl (C=O) groups is 1. The Morgan fingerprint density at radius 2 is 1.83 bits per heavy atom. The van der Waals surface area contributed by atoms with Crippen LogP contribution in [0.5, 0.6) is 0 Å². The first-order valence-corrected chi connectivity index (χ1v) is 7.22. The first kappa shape index (κ1) is 14.8. The van der Waals surface area contributed by atoms with Crippen molar-refractivity contribution in [2.45, 2.75) is 0 Å². The van der Waals surface area contributed by atoms with Crippen LogP contribution in [0.15, 0.2) is 59.7 Å². The van der Waals surface area contributed by atoms with Gasteiger partial charge in [-0.05, 0) is 11.6 Å². The molecule has 1 N–H and O–H groups in total. The smallest absolute Gasteiger partial charge is 0.427 e. The third-order valence-electron chi connectivity index (χ3n) is 3.73. The molecule has 0 atom stereocenters. The zero-order valence-electron chi connectivity index (χ0n) is 13.0. The molecule has 0 radical (unpaired) electrons. The van der Waals surface area contributed by atoms with E-state index in [1.165, 1.54) is 7.11 Å². The fourth-order valence-corrected chi connectivity index (χ4v) is 2.69. The zero-order valence-corrected chi connectivity index (χ0v) is 13.0. The summed E-state index contributed by atoms with van der Waals surface area (Å²) in [5, 5.41) is 5.07. The highest BCUT2D eigenvalue weighted by molar-refractivity contribution is 6.06. The van der Waals surface area contributed by atoms with Crippen molar-refractivity contribution in [2.24, 2.45) is 12.1 Å². The second kappa shape index (κ2) is 6.36. The number of hydrogen-bond acceptors (Lipinski definition) is 3. The summed E-state index contributed by atoms with van der Waals surface area (Å²) in [6.07, 6.45) is 1.06. The van der Waals surface area contributed by atoms with Crippen molar-refractivity contribution in [1.29, 1.82) is 0 Å². The predicted molar refractivity (Wildman–Crippen MR) is 91.5 cm³/mol. The largest absolute Gasteiger partial charge is 0.452 e. The van der Waals surface area contributed by atoms with Gasteiger partial charge < -0.3 is 9.30 Å². The van der Waals surface area contributed by atoms with E-state index in [0.717, 1.165) is 27.7 Å². The van der Waals surface area contributed by atoms with Crippen LogP contribution in [0.1, 0.15) is 5.56 Å². The average molecular weight is 307 g/mol. The lowest BCUT2D eigenvalue weighted by atomic mass is 10.1. The van der Waals surface area contributed by atoms with Gasteiger partial charge in [-0.1, -0.05) is 48.5 Å². The molecule has 0 aliphatic carbocycles. The lowest BCUT2D eigenvalue weighted by Gasteiger charge is -2.06. The number of aryl methyl sites for hydroxylation is 1. The van der Waals surface area contributed by atoms with Gasteiger partial charge in [-0.15, -0.1) is 0 Å². The number of para-hydroxylation sites is 1. The molecule has 0 bridgehead atoms. The average Bonchev–Trinajstić information content (AvgIpc) is 2.88. The summed E-state index contributed by atoms with van der Waals surface area (Å²) < 4.78 is 6.66. The maximum absolute atomic E-state index is 11.2. The Hall–Kier alpha value is -3.08. The van der Waals surface area contributed by atoms with Crippen molar-refractivity contribution in [3.05, 3.63) is 60.2 Å². The summed E-state index contributed by atoms with van der Waals surface area (Å²) in [7, 11) is 3.33. The van der Waals surface area contributed by atoms with Crippen molar-refractivity contribution >= 4 is 23.2 Å². The van der Waals surface area contributed by atoms with Gasteiger partial charge in [-0.2, -0.15) is 5.10 Å². The number of hydrazone groups is 1. The van der Waals surface area contributed by atoms with Crippen molar-refractivity contribution in [3.8, 4) is 11.3 Å².